The Balaban J connectivity index is 2.21. The fourth-order valence-corrected chi connectivity index (χ4v) is 2.78. The lowest BCUT2D eigenvalue weighted by atomic mass is 9.84. The van der Waals surface area contributed by atoms with Gasteiger partial charge in [-0.25, -0.2) is 0 Å². The summed E-state index contributed by atoms with van der Waals surface area (Å²) in [6.07, 6.45) is 3.18. The average molecular weight is 283 g/mol. The highest BCUT2D eigenvalue weighted by Gasteiger charge is 2.26. The fourth-order valence-electron chi connectivity index (χ4n) is 2.23. The molecule has 2 nitrogen and oxygen atoms in total. The summed E-state index contributed by atoms with van der Waals surface area (Å²) in [5.74, 6) is 0.279. The number of hydrogen-bond donors (Lipinski definition) is 0. The van der Waals surface area contributed by atoms with Crippen LogP contribution in [0.1, 0.15) is 24.3 Å². The maximum atomic E-state index is 11.3. The highest BCUT2D eigenvalue weighted by Crippen LogP contribution is 2.33. The molecule has 0 N–H and O–H groups in total. The van der Waals surface area contributed by atoms with E-state index in [1.807, 2.05) is 24.3 Å². The minimum Gasteiger partial charge on any atom is -0.381 e. The molecule has 0 radical (unpaired) electrons. The van der Waals surface area contributed by atoms with Crippen molar-refractivity contribution in [3.63, 3.8) is 0 Å². The molecule has 1 aliphatic rings. The van der Waals surface area contributed by atoms with Crippen LogP contribution in [0.4, 0.5) is 0 Å². The molecular formula is C13H15BrO2. The zero-order valence-electron chi connectivity index (χ0n) is 9.06. The van der Waals surface area contributed by atoms with E-state index in [1.54, 1.807) is 0 Å². The maximum Gasteiger partial charge on any atom is 0.127 e. The molecule has 2 unspecified atom stereocenters. The summed E-state index contributed by atoms with van der Waals surface area (Å²) in [6, 6.07) is 7.93. The van der Waals surface area contributed by atoms with Gasteiger partial charge in [0.15, 0.2) is 0 Å². The first-order valence-corrected chi connectivity index (χ1v) is 6.39. The summed E-state index contributed by atoms with van der Waals surface area (Å²) >= 11 is 3.50. The standard InChI is InChI=1S/C13H15BrO2/c14-13-6-2-1-5-11(13)12(8-15)10-4-3-7-16-9-10/h1-2,5-6,8,10,12H,3-4,7,9H2. The molecule has 1 aromatic carbocycles. The van der Waals surface area contributed by atoms with Crippen LogP contribution in [0.3, 0.4) is 0 Å². The number of aldehydes is 1. The van der Waals surface area contributed by atoms with Crippen LogP contribution in [0, 0.1) is 5.92 Å². The molecule has 1 saturated heterocycles. The molecule has 0 aliphatic carbocycles. The second kappa shape index (κ2) is 5.60. The normalized spacial score (nSPS) is 22.7. The quantitative estimate of drug-likeness (QED) is 0.796. The van der Waals surface area contributed by atoms with Crippen molar-refractivity contribution >= 4 is 22.2 Å². The summed E-state index contributed by atoms with van der Waals surface area (Å²) in [6.45, 7) is 1.53. The van der Waals surface area contributed by atoms with Crippen LogP contribution in [0.15, 0.2) is 28.7 Å². The van der Waals surface area contributed by atoms with Crippen molar-refractivity contribution in [1.82, 2.24) is 0 Å². The van der Waals surface area contributed by atoms with Gasteiger partial charge >= 0.3 is 0 Å². The number of ether oxygens (including phenoxy) is 1. The van der Waals surface area contributed by atoms with Crippen molar-refractivity contribution in [2.45, 2.75) is 18.8 Å². The van der Waals surface area contributed by atoms with E-state index in [-0.39, 0.29) is 5.92 Å². The summed E-state index contributed by atoms with van der Waals surface area (Å²) in [4.78, 5) is 11.3. The summed E-state index contributed by atoms with van der Waals surface area (Å²) in [5.41, 5.74) is 1.08. The zero-order valence-corrected chi connectivity index (χ0v) is 10.7. The van der Waals surface area contributed by atoms with Crippen molar-refractivity contribution < 1.29 is 9.53 Å². The van der Waals surface area contributed by atoms with E-state index in [2.05, 4.69) is 15.9 Å². The van der Waals surface area contributed by atoms with Crippen LogP contribution in [0.5, 0.6) is 0 Å². The van der Waals surface area contributed by atoms with Crippen LogP contribution in [0.2, 0.25) is 0 Å². The van der Waals surface area contributed by atoms with Gasteiger partial charge in [-0.1, -0.05) is 34.1 Å². The first-order valence-electron chi connectivity index (χ1n) is 5.60. The van der Waals surface area contributed by atoms with Gasteiger partial charge < -0.3 is 9.53 Å². The number of hydrogen-bond acceptors (Lipinski definition) is 2. The van der Waals surface area contributed by atoms with Crippen LogP contribution in [-0.4, -0.2) is 19.5 Å². The molecule has 2 atom stereocenters. The van der Waals surface area contributed by atoms with Crippen LogP contribution >= 0.6 is 15.9 Å². The molecule has 1 heterocycles. The Hall–Kier alpha value is -0.670. The SMILES string of the molecule is O=CC(c1ccccc1Br)C1CCCOC1. The van der Waals surface area contributed by atoms with E-state index in [1.165, 1.54) is 0 Å². The van der Waals surface area contributed by atoms with E-state index >= 15 is 0 Å². The van der Waals surface area contributed by atoms with Crippen molar-refractivity contribution in [2.75, 3.05) is 13.2 Å². The predicted molar refractivity (Wildman–Crippen MR) is 66.5 cm³/mol. The minimum atomic E-state index is -0.0455. The molecular weight excluding hydrogens is 268 g/mol. The fraction of sp³-hybridized carbons (Fsp3) is 0.462. The molecule has 1 fully saturated rings. The van der Waals surface area contributed by atoms with Crippen molar-refractivity contribution in [1.29, 1.82) is 0 Å². The molecule has 1 aromatic rings. The minimum absolute atomic E-state index is 0.0455. The molecule has 0 aromatic heterocycles. The molecule has 0 spiro atoms. The molecule has 86 valence electrons. The van der Waals surface area contributed by atoms with Gasteiger partial charge in [-0.15, -0.1) is 0 Å². The summed E-state index contributed by atoms with van der Waals surface area (Å²) < 4.78 is 6.46. The van der Waals surface area contributed by atoms with E-state index in [0.717, 1.165) is 35.8 Å². The van der Waals surface area contributed by atoms with Crippen LogP contribution < -0.4 is 0 Å². The Labute approximate surface area is 104 Å². The molecule has 3 heteroatoms. The van der Waals surface area contributed by atoms with Crippen molar-refractivity contribution in [2.24, 2.45) is 5.92 Å². The Morgan fingerprint density at radius 2 is 2.25 bits per heavy atom. The predicted octanol–water partition coefficient (Wildman–Crippen LogP) is 3.16. The van der Waals surface area contributed by atoms with E-state index in [4.69, 9.17) is 4.74 Å². The van der Waals surface area contributed by atoms with Gasteiger partial charge in [0.05, 0.1) is 6.61 Å². The zero-order chi connectivity index (χ0) is 11.4. The molecule has 2 rings (SSSR count). The summed E-state index contributed by atoms with van der Waals surface area (Å²) in [5, 5.41) is 0. The van der Waals surface area contributed by atoms with Crippen molar-refractivity contribution in [3.8, 4) is 0 Å². The van der Waals surface area contributed by atoms with Crippen molar-refractivity contribution in [3.05, 3.63) is 34.3 Å². The number of rotatable bonds is 3. The molecule has 0 saturated carbocycles. The first kappa shape index (κ1) is 11.8. The van der Waals surface area contributed by atoms with E-state index in [0.29, 0.717) is 12.5 Å². The second-order valence-electron chi connectivity index (χ2n) is 4.16. The largest absolute Gasteiger partial charge is 0.381 e. The van der Waals surface area contributed by atoms with Gasteiger partial charge in [0.25, 0.3) is 0 Å². The Morgan fingerprint density at radius 3 is 2.88 bits per heavy atom. The topological polar surface area (TPSA) is 26.3 Å². The maximum absolute atomic E-state index is 11.3. The average Bonchev–Trinajstić information content (AvgIpc) is 2.34. The molecule has 16 heavy (non-hydrogen) atoms. The third-order valence-corrected chi connectivity index (χ3v) is 3.84. The van der Waals surface area contributed by atoms with E-state index < -0.39 is 0 Å². The van der Waals surface area contributed by atoms with Gasteiger partial charge in [-0.05, 0) is 30.4 Å². The van der Waals surface area contributed by atoms with Gasteiger partial charge in [-0.3, -0.25) is 0 Å². The second-order valence-corrected chi connectivity index (χ2v) is 5.01. The van der Waals surface area contributed by atoms with Gasteiger partial charge in [0.2, 0.25) is 0 Å². The number of benzene rings is 1. The van der Waals surface area contributed by atoms with Gasteiger partial charge in [0.1, 0.15) is 6.29 Å². The number of carbonyl (C=O) groups is 1. The molecule has 0 bridgehead atoms. The molecule has 1 aliphatic heterocycles. The highest BCUT2D eigenvalue weighted by atomic mass is 79.9. The third kappa shape index (κ3) is 2.53. The van der Waals surface area contributed by atoms with Crippen LogP contribution in [0.25, 0.3) is 0 Å². The lowest BCUT2D eigenvalue weighted by molar-refractivity contribution is -0.111. The number of halogens is 1. The smallest absolute Gasteiger partial charge is 0.127 e. The van der Waals surface area contributed by atoms with Crippen LogP contribution in [-0.2, 0) is 9.53 Å². The Morgan fingerprint density at radius 1 is 1.44 bits per heavy atom. The number of carbonyl (C=O) groups excluding carboxylic acids is 1. The Bertz CT molecular complexity index is 359. The lowest BCUT2D eigenvalue weighted by Crippen LogP contribution is -2.24. The monoisotopic (exact) mass is 282 g/mol. The molecule has 0 amide bonds. The van der Waals surface area contributed by atoms with Gasteiger partial charge in [0, 0.05) is 17.0 Å². The lowest BCUT2D eigenvalue weighted by Gasteiger charge is -2.27. The van der Waals surface area contributed by atoms with E-state index in [9.17, 15) is 4.79 Å². The summed E-state index contributed by atoms with van der Waals surface area (Å²) in [7, 11) is 0. The van der Waals surface area contributed by atoms with Gasteiger partial charge in [-0.2, -0.15) is 0 Å². The first-order chi connectivity index (χ1) is 7.83. The highest BCUT2D eigenvalue weighted by molar-refractivity contribution is 9.10. The third-order valence-electron chi connectivity index (χ3n) is 3.11. The Kier molecular flexibility index (Phi) is 4.13.